The molecule has 1 unspecified atom stereocenters. The highest BCUT2D eigenvalue weighted by molar-refractivity contribution is 5.96. The third kappa shape index (κ3) is 1.56. The summed E-state index contributed by atoms with van der Waals surface area (Å²) in [6.07, 6.45) is 0. The Labute approximate surface area is 78.7 Å². The van der Waals surface area contributed by atoms with Crippen LogP contribution in [-0.2, 0) is 4.74 Å². The molecule has 0 aromatic heterocycles. The topological polar surface area (TPSA) is 67.8 Å². The van der Waals surface area contributed by atoms with E-state index in [-0.39, 0.29) is 11.5 Å². The Morgan fingerprint density at radius 2 is 2.00 bits per heavy atom. The lowest BCUT2D eigenvalue weighted by atomic mass is 9.85. The zero-order valence-corrected chi connectivity index (χ0v) is 8.66. The Hall–Kier alpha value is -0.610. The van der Waals surface area contributed by atoms with Gasteiger partial charge in [-0.05, 0) is 27.7 Å². The molecule has 0 spiro atoms. The van der Waals surface area contributed by atoms with E-state index in [1.807, 2.05) is 27.7 Å². The summed E-state index contributed by atoms with van der Waals surface area (Å²) in [5.41, 5.74) is 5.40. The van der Waals surface area contributed by atoms with E-state index >= 15 is 0 Å². The van der Waals surface area contributed by atoms with Gasteiger partial charge in [-0.15, -0.1) is 0 Å². The van der Waals surface area contributed by atoms with Gasteiger partial charge in [-0.25, -0.2) is 0 Å². The molecule has 0 aromatic carbocycles. The van der Waals surface area contributed by atoms with Crippen molar-refractivity contribution in [1.29, 1.82) is 0 Å². The normalized spacial score (nSPS) is 33.9. The van der Waals surface area contributed by atoms with Gasteiger partial charge in [-0.2, -0.15) is 0 Å². The zero-order valence-electron chi connectivity index (χ0n) is 8.66. The van der Waals surface area contributed by atoms with Gasteiger partial charge < -0.3 is 15.7 Å². The summed E-state index contributed by atoms with van der Waals surface area (Å²) in [5, 5.41) is 12.2. The molecule has 0 aliphatic carbocycles. The molecule has 4 heteroatoms. The quantitative estimate of drug-likeness (QED) is 0.474. The molecular weight excluding hydrogens is 168 g/mol. The van der Waals surface area contributed by atoms with Crippen LogP contribution in [0.2, 0.25) is 0 Å². The molecule has 0 bridgehead atoms. The molecule has 13 heavy (non-hydrogen) atoms. The lowest BCUT2D eigenvalue weighted by Crippen LogP contribution is -2.36. The Bertz CT molecular complexity index is 234. The van der Waals surface area contributed by atoms with Crippen LogP contribution in [0, 0.1) is 5.92 Å². The third-order valence-corrected chi connectivity index (χ3v) is 2.65. The van der Waals surface area contributed by atoms with Crippen LogP contribution in [0.4, 0.5) is 0 Å². The lowest BCUT2D eigenvalue weighted by molar-refractivity contribution is -0.0666. The van der Waals surface area contributed by atoms with Crippen molar-refractivity contribution in [1.82, 2.24) is 0 Å². The molecule has 1 heterocycles. The molecule has 1 aliphatic heterocycles. The van der Waals surface area contributed by atoms with Gasteiger partial charge in [0.1, 0.15) is 5.60 Å². The summed E-state index contributed by atoms with van der Waals surface area (Å²) in [6.45, 7) is 8.14. The summed E-state index contributed by atoms with van der Waals surface area (Å²) in [6, 6.07) is 0. The predicted molar refractivity (Wildman–Crippen MR) is 51.0 cm³/mol. The molecule has 0 amide bonds. The summed E-state index contributed by atoms with van der Waals surface area (Å²) in [7, 11) is 0. The molecule has 1 atom stereocenters. The van der Waals surface area contributed by atoms with E-state index in [9.17, 15) is 0 Å². The van der Waals surface area contributed by atoms with Crippen LogP contribution in [0.15, 0.2) is 5.16 Å². The molecule has 0 radical (unpaired) electrons. The second-order valence-electron chi connectivity index (χ2n) is 4.49. The fourth-order valence-corrected chi connectivity index (χ4v) is 2.12. The van der Waals surface area contributed by atoms with Crippen molar-refractivity contribution in [3.8, 4) is 0 Å². The first-order valence-corrected chi connectivity index (χ1v) is 4.48. The van der Waals surface area contributed by atoms with Crippen molar-refractivity contribution >= 4 is 5.71 Å². The minimum atomic E-state index is -0.512. The van der Waals surface area contributed by atoms with E-state index < -0.39 is 5.60 Å². The zero-order chi connectivity index (χ0) is 10.3. The largest absolute Gasteiger partial charge is 0.411 e. The van der Waals surface area contributed by atoms with Crippen LogP contribution in [0.25, 0.3) is 0 Å². The Morgan fingerprint density at radius 3 is 2.31 bits per heavy atom. The molecule has 0 aromatic rings. The smallest absolute Gasteiger partial charge is 0.105 e. The molecule has 76 valence electrons. The second-order valence-corrected chi connectivity index (χ2v) is 4.49. The van der Waals surface area contributed by atoms with Crippen molar-refractivity contribution < 1.29 is 9.94 Å². The summed E-state index contributed by atoms with van der Waals surface area (Å²) in [4.78, 5) is 0. The second kappa shape index (κ2) is 2.96. The van der Waals surface area contributed by atoms with E-state index in [1.54, 1.807) is 0 Å². The van der Waals surface area contributed by atoms with Gasteiger partial charge in [0.05, 0.1) is 11.3 Å². The van der Waals surface area contributed by atoms with Gasteiger partial charge in [-0.1, -0.05) is 5.16 Å². The van der Waals surface area contributed by atoms with E-state index in [1.165, 1.54) is 0 Å². The molecule has 1 rings (SSSR count). The maximum atomic E-state index is 8.89. The first-order valence-electron chi connectivity index (χ1n) is 4.48. The maximum Gasteiger partial charge on any atom is 0.105 e. The monoisotopic (exact) mass is 186 g/mol. The van der Waals surface area contributed by atoms with Crippen LogP contribution >= 0.6 is 0 Å². The fraction of sp³-hybridized carbons (Fsp3) is 0.889. The molecule has 4 nitrogen and oxygen atoms in total. The van der Waals surface area contributed by atoms with Crippen LogP contribution < -0.4 is 5.73 Å². The number of nitrogens with two attached hydrogens (primary N) is 1. The van der Waals surface area contributed by atoms with Crippen LogP contribution in [0.3, 0.4) is 0 Å². The number of rotatable bonds is 1. The average Bonchev–Trinajstić information content (AvgIpc) is 2.13. The van der Waals surface area contributed by atoms with E-state index in [2.05, 4.69) is 5.16 Å². The van der Waals surface area contributed by atoms with Crippen LogP contribution in [0.5, 0.6) is 0 Å². The van der Waals surface area contributed by atoms with Gasteiger partial charge in [0.2, 0.25) is 0 Å². The summed E-state index contributed by atoms with van der Waals surface area (Å²) >= 11 is 0. The van der Waals surface area contributed by atoms with Crippen molar-refractivity contribution in [2.24, 2.45) is 16.8 Å². The molecule has 0 saturated carbocycles. The Balaban J connectivity index is 3.06. The minimum Gasteiger partial charge on any atom is -0.411 e. The number of hydrogen-bond acceptors (Lipinski definition) is 4. The first-order chi connectivity index (χ1) is 5.85. The van der Waals surface area contributed by atoms with Gasteiger partial charge in [0.25, 0.3) is 0 Å². The fourth-order valence-electron chi connectivity index (χ4n) is 2.12. The van der Waals surface area contributed by atoms with Crippen molar-refractivity contribution in [3.05, 3.63) is 0 Å². The minimum absolute atomic E-state index is 0.00694. The maximum absolute atomic E-state index is 8.89. The van der Waals surface area contributed by atoms with Gasteiger partial charge >= 0.3 is 0 Å². The highest BCUT2D eigenvalue weighted by Crippen LogP contribution is 2.39. The predicted octanol–water partition coefficient (Wildman–Crippen LogP) is 0.979. The summed E-state index contributed by atoms with van der Waals surface area (Å²) < 4.78 is 5.77. The van der Waals surface area contributed by atoms with Crippen LogP contribution in [-0.4, -0.2) is 28.7 Å². The van der Waals surface area contributed by atoms with Crippen molar-refractivity contribution in [3.63, 3.8) is 0 Å². The molecule has 3 N–H and O–H groups in total. The molecular formula is C9H18N2O2. The van der Waals surface area contributed by atoms with E-state index in [0.29, 0.717) is 12.3 Å². The van der Waals surface area contributed by atoms with Crippen LogP contribution in [0.1, 0.15) is 27.7 Å². The standard InChI is InChI=1S/C9H18N2O2/c1-8(2)6(5-10)7(11-12)9(3,4)13-8/h6,12H,5,10H2,1-4H3/b11-7-. The summed E-state index contributed by atoms with van der Waals surface area (Å²) in [5.74, 6) is -0.00694. The van der Waals surface area contributed by atoms with Crippen molar-refractivity contribution in [2.75, 3.05) is 6.54 Å². The highest BCUT2D eigenvalue weighted by atomic mass is 16.5. The van der Waals surface area contributed by atoms with E-state index in [4.69, 9.17) is 15.7 Å². The Morgan fingerprint density at radius 1 is 1.46 bits per heavy atom. The SMILES string of the molecule is CC1(C)OC(C)(C)C(CN)/C1=N/O. The average molecular weight is 186 g/mol. The number of ether oxygens (including phenoxy) is 1. The van der Waals surface area contributed by atoms with Gasteiger partial charge in [-0.3, -0.25) is 0 Å². The lowest BCUT2D eigenvalue weighted by Gasteiger charge is -2.25. The Kier molecular flexibility index (Phi) is 2.38. The number of nitrogens with zero attached hydrogens (tertiary/aromatic N) is 1. The third-order valence-electron chi connectivity index (χ3n) is 2.65. The molecule has 1 fully saturated rings. The van der Waals surface area contributed by atoms with E-state index in [0.717, 1.165) is 0 Å². The number of hydrogen-bond donors (Lipinski definition) is 2. The molecule has 1 aliphatic rings. The van der Waals surface area contributed by atoms with Gasteiger partial charge in [0.15, 0.2) is 0 Å². The first kappa shape index (κ1) is 10.5. The number of oxime groups is 1. The highest BCUT2D eigenvalue weighted by Gasteiger charge is 2.51. The molecule has 1 saturated heterocycles. The van der Waals surface area contributed by atoms with Crippen molar-refractivity contribution in [2.45, 2.75) is 38.9 Å². The van der Waals surface area contributed by atoms with Gasteiger partial charge in [0, 0.05) is 12.5 Å².